The zero-order valence-electron chi connectivity index (χ0n) is 16.2. The molecule has 1 N–H and O–H groups in total. The second-order valence-electron chi connectivity index (χ2n) is 6.66. The van der Waals surface area contributed by atoms with E-state index >= 15 is 0 Å². The van der Waals surface area contributed by atoms with E-state index in [0.29, 0.717) is 0 Å². The Morgan fingerprint density at radius 1 is 0.963 bits per heavy atom. The van der Waals surface area contributed by atoms with Crippen molar-refractivity contribution in [1.29, 1.82) is 0 Å². The van der Waals surface area contributed by atoms with Gasteiger partial charge >= 0.3 is 0 Å². The van der Waals surface area contributed by atoms with Crippen LogP contribution in [0.15, 0.2) is 60.8 Å². The van der Waals surface area contributed by atoms with Crippen molar-refractivity contribution >= 4 is 16.6 Å². The van der Waals surface area contributed by atoms with Gasteiger partial charge in [0.1, 0.15) is 11.5 Å². The van der Waals surface area contributed by atoms with Crippen LogP contribution >= 0.6 is 0 Å². The molecule has 0 saturated heterocycles. The summed E-state index contributed by atoms with van der Waals surface area (Å²) in [5.41, 5.74) is 1.98. The fourth-order valence-corrected chi connectivity index (χ4v) is 3.03. The Kier molecular flexibility index (Phi) is 6.91. The zero-order valence-corrected chi connectivity index (χ0v) is 16.2. The molecule has 142 valence electrons. The lowest BCUT2D eigenvalue weighted by Crippen LogP contribution is -2.22. The van der Waals surface area contributed by atoms with Crippen molar-refractivity contribution in [3.63, 3.8) is 0 Å². The maximum absolute atomic E-state index is 6.04. The summed E-state index contributed by atoms with van der Waals surface area (Å²) in [5.74, 6) is 1.64. The fraction of sp³-hybridized carbons (Fsp3) is 0.348. The minimum atomic E-state index is -0.185. The highest BCUT2D eigenvalue weighted by molar-refractivity contribution is 5.90. The molecule has 0 fully saturated rings. The molecule has 1 aromatic heterocycles. The highest BCUT2D eigenvalue weighted by atomic mass is 16.5. The molecule has 3 aromatic rings. The van der Waals surface area contributed by atoms with Crippen molar-refractivity contribution in [2.24, 2.45) is 0 Å². The second-order valence-corrected chi connectivity index (χ2v) is 6.66. The average Bonchev–Trinajstić information content (AvgIpc) is 2.68. The molecule has 0 aliphatic carbocycles. The van der Waals surface area contributed by atoms with Crippen LogP contribution in [0.3, 0.4) is 0 Å². The third-order valence-corrected chi connectivity index (χ3v) is 4.39. The van der Waals surface area contributed by atoms with Crippen LogP contribution in [0.2, 0.25) is 0 Å². The first-order valence-corrected chi connectivity index (χ1v) is 9.76. The summed E-state index contributed by atoms with van der Waals surface area (Å²) >= 11 is 0. The fourth-order valence-electron chi connectivity index (χ4n) is 3.03. The van der Waals surface area contributed by atoms with Crippen LogP contribution in [0.25, 0.3) is 10.9 Å². The number of anilines is 1. The van der Waals surface area contributed by atoms with Crippen LogP contribution < -0.4 is 14.8 Å². The number of rotatable bonds is 10. The first kappa shape index (κ1) is 19.0. The quantitative estimate of drug-likeness (QED) is 0.352. The number of unbranched alkanes of at least 4 members (excludes halogenated alkanes) is 3. The van der Waals surface area contributed by atoms with Crippen molar-refractivity contribution in [3.05, 3.63) is 60.8 Å². The van der Waals surface area contributed by atoms with Gasteiger partial charge in [0.2, 0.25) is 0 Å². The molecule has 1 heterocycles. The third kappa shape index (κ3) is 5.61. The number of pyridine rings is 1. The van der Waals surface area contributed by atoms with Gasteiger partial charge in [-0.25, -0.2) is 0 Å². The van der Waals surface area contributed by atoms with Crippen LogP contribution in [-0.4, -0.2) is 17.8 Å². The first-order chi connectivity index (χ1) is 13.3. The number of hydrogen-bond acceptors (Lipinski definition) is 4. The van der Waals surface area contributed by atoms with Crippen LogP contribution in [0.4, 0.5) is 5.69 Å². The maximum atomic E-state index is 6.04. The first-order valence-electron chi connectivity index (χ1n) is 9.76. The van der Waals surface area contributed by atoms with Crippen molar-refractivity contribution < 1.29 is 9.47 Å². The Morgan fingerprint density at radius 3 is 2.70 bits per heavy atom. The Balaban J connectivity index is 1.57. The van der Waals surface area contributed by atoms with E-state index in [9.17, 15) is 0 Å². The van der Waals surface area contributed by atoms with Crippen molar-refractivity contribution in [2.75, 3.05) is 11.9 Å². The van der Waals surface area contributed by atoms with Crippen LogP contribution in [-0.2, 0) is 0 Å². The molecule has 0 spiro atoms. The molecular formula is C23H28N2O2. The highest BCUT2D eigenvalue weighted by Crippen LogP contribution is 2.24. The van der Waals surface area contributed by atoms with E-state index in [0.717, 1.165) is 41.1 Å². The Bertz CT molecular complexity index is 845. The van der Waals surface area contributed by atoms with Gasteiger partial charge in [-0.15, -0.1) is 0 Å². The molecule has 0 radical (unpaired) electrons. The van der Waals surface area contributed by atoms with Crippen molar-refractivity contribution in [2.45, 2.75) is 45.8 Å². The minimum absolute atomic E-state index is 0.185. The lowest BCUT2D eigenvalue weighted by Gasteiger charge is -2.19. The van der Waals surface area contributed by atoms with E-state index in [2.05, 4.69) is 23.3 Å². The highest BCUT2D eigenvalue weighted by Gasteiger charge is 2.08. The van der Waals surface area contributed by atoms with E-state index in [-0.39, 0.29) is 6.23 Å². The number of fused-ring (bicyclic) bond motifs is 1. The van der Waals surface area contributed by atoms with Gasteiger partial charge in [-0.05, 0) is 37.6 Å². The monoisotopic (exact) mass is 364 g/mol. The van der Waals surface area contributed by atoms with Gasteiger partial charge in [0.25, 0.3) is 0 Å². The average molecular weight is 364 g/mol. The number of nitrogens with one attached hydrogen (secondary N) is 1. The smallest absolute Gasteiger partial charge is 0.167 e. The summed E-state index contributed by atoms with van der Waals surface area (Å²) in [6, 6.07) is 17.9. The number of benzene rings is 2. The number of ether oxygens (including phenoxy) is 2. The molecule has 4 nitrogen and oxygen atoms in total. The summed E-state index contributed by atoms with van der Waals surface area (Å²) in [6.07, 6.45) is 6.43. The predicted octanol–water partition coefficient (Wildman–Crippen LogP) is 6.03. The van der Waals surface area contributed by atoms with Gasteiger partial charge in [0, 0.05) is 23.3 Å². The summed E-state index contributed by atoms with van der Waals surface area (Å²) in [4.78, 5) is 4.39. The molecule has 0 aliphatic heterocycles. The van der Waals surface area contributed by atoms with Crippen LogP contribution in [0.5, 0.6) is 11.5 Å². The Morgan fingerprint density at radius 2 is 1.81 bits per heavy atom. The van der Waals surface area contributed by atoms with Gasteiger partial charge in [0.15, 0.2) is 6.23 Å². The van der Waals surface area contributed by atoms with Gasteiger partial charge in [-0.1, -0.05) is 50.5 Å². The molecule has 0 aliphatic rings. The van der Waals surface area contributed by atoms with Gasteiger partial charge in [0.05, 0.1) is 12.1 Å². The second kappa shape index (κ2) is 9.81. The number of hydrogen-bond donors (Lipinski definition) is 1. The van der Waals surface area contributed by atoms with Crippen molar-refractivity contribution in [3.8, 4) is 11.5 Å². The van der Waals surface area contributed by atoms with E-state index in [4.69, 9.17) is 9.47 Å². The molecule has 0 amide bonds. The molecule has 27 heavy (non-hydrogen) atoms. The SMILES string of the molecule is CCCCCCOc1cccc(OC(C)Nc2ccnc3ccccc23)c1. The largest absolute Gasteiger partial charge is 0.493 e. The van der Waals surface area contributed by atoms with Gasteiger partial charge in [-0.3, -0.25) is 4.98 Å². The number of nitrogens with zero attached hydrogens (tertiary/aromatic N) is 1. The summed E-state index contributed by atoms with van der Waals surface area (Å²) in [6.45, 7) is 4.96. The summed E-state index contributed by atoms with van der Waals surface area (Å²) in [7, 11) is 0. The lowest BCUT2D eigenvalue weighted by molar-refractivity contribution is 0.247. The predicted molar refractivity (Wildman–Crippen MR) is 112 cm³/mol. The normalized spacial score (nSPS) is 11.9. The maximum Gasteiger partial charge on any atom is 0.167 e. The van der Waals surface area contributed by atoms with Gasteiger partial charge in [-0.2, -0.15) is 0 Å². The molecular weight excluding hydrogens is 336 g/mol. The molecule has 1 unspecified atom stereocenters. The lowest BCUT2D eigenvalue weighted by atomic mass is 10.2. The summed E-state index contributed by atoms with van der Waals surface area (Å²) in [5, 5.41) is 4.50. The van der Waals surface area contributed by atoms with Gasteiger partial charge < -0.3 is 14.8 Å². The third-order valence-electron chi connectivity index (χ3n) is 4.39. The van der Waals surface area contributed by atoms with E-state index < -0.39 is 0 Å². The molecule has 3 rings (SSSR count). The standard InChI is InChI=1S/C23H28N2O2/c1-3-4-5-8-16-26-19-10-9-11-20(17-19)27-18(2)25-23-14-15-24-22-13-7-6-12-21(22)23/h6-7,9-15,17-18H,3-5,8,16H2,1-2H3,(H,24,25). The topological polar surface area (TPSA) is 43.4 Å². The van der Waals surface area contributed by atoms with E-state index in [1.54, 1.807) is 0 Å². The molecule has 0 bridgehead atoms. The minimum Gasteiger partial charge on any atom is -0.493 e. The van der Waals surface area contributed by atoms with Crippen LogP contribution in [0, 0.1) is 0 Å². The molecule has 1 atom stereocenters. The number of aromatic nitrogens is 1. The Hall–Kier alpha value is -2.75. The number of para-hydroxylation sites is 1. The van der Waals surface area contributed by atoms with E-state index in [1.807, 2.05) is 61.7 Å². The van der Waals surface area contributed by atoms with Crippen molar-refractivity contribution in [1.82, 2.24) is 4.98 Å². The zero-order chi connectivity index (χ0) is 18.9. The summed E-state index contributed by atoms with van der Waals surface area (Å²) < 4.78 is 11.9. The molecule has 4 heteroatoms. The Labute approximate surface area is 161 Å². The molecule has 2 aromatic carbocycles. The van der Waals surface area contributed by atoms with E-state index in [1.165, 1.54) is 19.3 Å². The van der Waals surface area contributed by atoms with Crippen LogP contribution in [0.1, 0.15) is 39.5 Å². The molecule has 0 saturated carbocycles.